The first-order valence-electron chi connectivity index (χ1n) is 9.57. The van der Waals surface area contributed by atoms with Crippen LogP contribution in [0, 0.1) is 5.82 Å². The lowest BCUT2D eigenvalue weighted by atomic mass is 10.2. The number of hydrogen-bond donors (Lipinski definition) is 1. The van der Waals surface area contributed by atoms with E-state index in [1.54, 1.807) is 31.2 Å². The van der Waals surface area contributed by atoms with Gasteiger partial charge in [-0.3, -0.25) is 4.79 Å². The van der Waals surface area contributed by atoms with Crippen LogP contribution < -0.4 is 10.1 Å². The van der Waals surface area contributed by atoms with Gasteiger partial charge in [0.1, 0.15) is 29.2 Å². The number of carbonyl (C=O) groups is 2. The van der Waals surface area contributed by atoms with Crippen LogP contribution >= 0.6 is 0 Å². The summed E-state index contributed by atoms with van der Waals surface area (Å²) in [5.41, 5.74) is 0.614. The molecule has 32 heavy (non-hydrogen) atoms. The monoisotopic (exact) mass is 441 g/mol. The molecule has 0 spiro atoms. The van der Waals surface area contributed by atoms with Crippen molar-refractivity contribution >= 4 is 24.5 Å². The molecule has 0 radical (unpaired) electrons. The summed E-state index contributed by atoms with van der Waals surface area (Å²) in [7, 11) is 2.55. The summed E-state index contributed by atoms with van der Waals surface area (Å²) >= 11 is 0. The number of carbonyl (C=O) groups excluding carboxylic acids is 2. The Morgan fingerprint density at radius 2 is 1.66 bits per heavy atom. The number of nitrogens with one attached hydrogen (secondary N) is 1. The maximum Gasteiger partial charge on any atom is 0.328 e. The summed E-state index contributed by atoms with van der Waals surface area (Å²) in [4.78, 5) is 31.6. The van der Waals surface area contributed by atoms with Crippen LogP contribution in [0.1, 0.15) is 18.9 Å². The van der Waals surface area contributed by atoms with Crippen LogP contribution in [0.3, 0.4) is 0 Å². The van der Waals surface area contributed by atoms with Crippen molar-refractivity contribution in [3.63, 3.8) is 0 Å². The van der Waals surface area contributed by atoms with E-state index in [1.165, 1.54) is 44.6 Å². The molecule has 0 saturated carbocycles. The summed E-state index contributed by atoms with van der Waals surface area (Å²) in [6.07, 6.45) is 1.41. The Balaban J connectivity index is 2.24. The fraction of sp³-hybridized carbons (Fsp3) is 0.217. The number of aliphatic imine (C=N–C) groups is 2. The third-order valence-corrected chi connectivity index (χ3v) is 4.15. The van der Waals surface area contributed by atoms with Crippen LogP contribution in [-0.4, -0.2) is 44.8 Å². The lowest BCUT2D eigenvalue weighted by molar-refractivity contribution is -0.142. The second-order valence-electron chi connectivity index (χ2n) is 6.43. The molecular weight excluding hydrogens is 417 g/mol. The normalized spacial score (nSPS) is 12.5. The molecule has 2 rings (SSSR count). The quantitative estimate of drug-likeness (QED) is 0.363. The van der Waals surface area contributed by atoms with Crippen molar-refractivity contribution in [1.29, 1.82) is 0 Å². The second-order valence-corrected chi connectivity index (χ2v) is 6.43. The van der Waals surface area contributed by atoms with Gasteiger partial charge in [-0.1, -0.05) is 0 Å². The van der Waals surface area contributed by atoms with Crippen molar-refractivity contribution in [2.75, 3.05) is 14.2 Å². The number of esters is 2. The third kappa shape index (κ3) is 7.35. The Morgan fingerprint density at radius 1 is 1.06 bits per heavy atom. The molecule has 2 aromatic carbocycles. The summed E-state index contributed by atoms with van der Waals surface area (Å²) in [6, 6.07) is 11.8. The predicted molar refractivity (Wildman–Crippen MR) is 118 cm³/mol. The van der Waals surface area contributed by atoms with E-state index in [0.717, 1.165) is 0 Å². The SMILES string of the molecule is C=N/C(=N\C(=C/CC(=O)OC)N[C@@H](C)C(=O)OC)c1ccc(Oc2ccc(F)cc2)cc1. The van der Waals surface area contributed by atoms with Crippen molar-refractivity contribution in [2.24, 2.45) is 9.98 Å². The van der Waals surface area contributed by atoms with Crippen LogP contribution in [0.15, 0.2) is 70.4 Å². The van der Waals surface area contributed by atoms with Gasteiger partial charge in [-0.15, -0.1) is 0 Å². The number of methoxy groups -OCH3 is 2. The van der Waals surface area contributed by atoms with Crippen LogP contribution in [0.5, 0.6) is 11.5 Å². The van der Waals surface area contributed by atoms with Gasteiger partial charge in [0.05, 0.1) is 20.6 Å². The second kappa shape index (κ2) is 12.0. The molecule has 0 bridgehead atoms. The molecule has 0 heterocycles. The van der Waals surface area contributed by atoms with Gasteiger partial charge in [0.25, 0.3) is 0 Å². The first-order valence-corrected chi connectivity index (χ1v) is 9.57. The van der Waals surface area contributed by atoms with Gasteiger partial charge in [-0.25, -0.2) is 19.2 Å². The van der Waals surface area contributed by atoms with Gasteiger partial charge >= 0.3 is 11.9 Å². The molecule has 9 heteroatoms. The van der Waals surface area contributed by atoms with Gasteiger partial charge < -0.3 is 19.5 Å². The molecule has 0 aliphatic carbocycles. The van der Waals surface area contributed by atoms with E-state index >= 15 is 0 Å². The number of ether oxygens (including phenoxy) is 3. The number of halogens is 1. The average molecular weight is 441 g/mol. The van der Waals surface area contributed by atoms with E-state index in [9.17, 15) is 14.0 Å². The fourth-order valence-corrected chi connectivity index (χ4v) is 2.47. The standard InChI is InChI=1S/C23H24FN3O5/c1-15(23(29)31-4)26-20(13-14-21(28)30-3)27-22(25-2)16-5-9-18(10-6-16)32-19-11-7-17(24)8-12-19/h5-13,15,26H,2,14H2,1,3-4H3/b20-13-,27-22-/t15-/m0/s1. The lowest BCUT2D eigenvalue weighted by Gasteiger charge is -2.14. The summed E-state index contributed by atoms with van der Waals surface area (Å²) in [5.74, 6) is 0.171. The van der Waals surface area contributed by atoms with Crippen molar-refractivity contribution < 1.29 is 28.2 Å². The Hall–Kier alpha value is -4.01. The molecule has 0 saturated heterocycles. The van der Waals surface area contributed by atoms with E-state index in [-0.39, 0.29) is 23.9 Å². The molecule has 0 fully saturated rings. The highest BCUT2D eigenvalue weighted by atomic mass is 19.1. The van der Waals surface area contributed by atoms with E-state index in [2.05, 4.69) is 26.8 Å². The van der Waals surface area contributed by atoms with Crippen LogP contribution in [-0.2, 0) is 19.1 Å². The summed E-state index contributed by atoms with van der Waals surface area (Å²) < 4.78 is 28.0. The molecule has 1 N–H and O–H groups in total. The number of nitrogens with zero attached hydrogens (tertiary/aromatic N) is 2. The summed E-state index contributed by atoms with van der Waals surface area (Å²) in [6.45, 7) is 5.14. The zero-order valence-corrected chi connectivity index (χ0v) is 18.0. The molecule has 0 unspecified atom stereocenters. The van der Waals surface area contributed by atoms with Gasteiger partial charge in [-0.2, -0.15) is 0 Å². The Kier molecular flexibility index (Phi) is 9.09. The topological polar surface area (TPSA) is 98.6 Å². The van der Waals surface area contributed by atoms with Crippen LogP contribution in [0.4, 0.5) is 4.39 Å². The molecule has 2 aromatic rings. The van der Waals surface area contributed by atoms with Crippen molar-refractivity contribution in [3.05, 3.63) is 71.8 Å². The number of benzene rings is 2. The minimum atomic E-state index is -0.717. The maximum absolute atomic E-state index is 13.0. The van der Waals surface area contributed by atoms with Crippen molar-refractivity contribution in [1.82, 2.24) is 5.32 Å². The average Bonchev–Trinajstić information content (AvgIpc) is 2.81. The maximum atomic E-state index is 13.0. The fourth-order valence-electron chi connectivity index (χ4n) is 2.47. The van der Waals surface area contributed by atoms with Crippen molar-refractivity contribution in [2.45, 2.75) is 19.4 Å². The molecule has 0 aliphatic rings. The van der Waals surface area contributed by atoms with Crippen LogP contribution in [0.2, 0.25) is 0 Å². The Bertz CT molecular complexity index is 1000. The molecule has 0 aliphatic heterocycles. The molecule has 0 amide bonds. The van der Waals surface area contributed by atoms with Gasteiger partial charge in [0.15, 0.2) is 5.84 Å². The predicted octanol–water partition coefficient (Wildman–Crippen LogP) is 3.62. The molecule has 1 atom stereocenters. The molecule has 8 nitrogen and oxygen atoms in total. The van der Waals surface area contributed by atoms with E-state index in [0.29, 0.717) is 17.1 Å². The molecule has 0 aromatic heterocycles. The van der Waals surface area contributed by atoms with E-state index in [1.807, 2.05) is 0 Å². The first-order chi connectivity index (χ1) is 15.4. The minimum Gasteiger partial charge on any atom is -0.469 e. The van der Waals surface area contributed by atoms with Gasteiger partial charge in [0, 0.05) is 5.56 Å². The highest BCUT2D eigenvalue weighted by Gasteiger charge is 2.15. The smallest absolute Gasteiger partial charge is 0.328 e. The highest BCUT2D eigenvalue weighted by Crippen LogP contribution is 2.22. The third-order valence-electron chi connectivity index (χ3n) is 4.15. The van der Waals surface area contributed by atoms with E-state index < -0.39 is 18.0 Å². The molecular formula is C23H24FN3O5. The number of amidine groups is 1. The lowest BCUT2D eigenvalue weighted by Crippen LogP contribution is -2.34. The highest BCUT2D eigenvalue weighted by molar-refractivity contribution is 6.02. The largest absolute Gasteiger partial charge is 0.469 e. The minimum absolute atomic E-state index is 0.0644. The van der Waals surface area contributed by atoms with Crippen molar-refractivity contribution in [3.8, 4) is 11.5 Å². The van der Waals surface area contributed by atoms with Crippen LogP contribution in [0.25, 0.3) is 0 Å². The number of hydrogen-bond acceptors (Lipinski definition) is 7. The zero-order valence-electron chi connectivity index (χ0n) is 18.0. The zero-order chi connectivity index (χ0) is 23.5. The van der Waals surface area contributed by atoms with Gasteiger partial charge in [0.2, 0.25) is 0 Å². The van der Waals surface area contributed by atoms with Gasteiger partial charge in [-0.05, 0) is 68.2 Å². The Morgan fingerprint density at radius 3 is 2.19 bits per heavy atom. The first kappa shape index (κ1) is 24.3. The number of rotatable bonds is 9. The molecule has 168 valence electrons. The van der Waals surface area contributed by atoms with E-state index in [4.69, 9.17) is 9.47 Å². The summed E-state index contributed by atoms with van der Waals surface area (Å²) in [5, 5.41) is 2.88. The Labute approximate surface area is 185 Å².